The molecule has 2 heterocycles. The molecule has 5 rings (SSSR count). The standard InChI is InChI=1S/C28H29F5N4O5/c29-23-12-17-11-21(42-26(17)14-24(23)30)15-35-7-9-36(10-8-35)27(38)16-41-20-4-1-18(2-5-20)34-19-3-6-25(37(39)40)22(13-19)28(31,32)33/h3,6,11-14,18,20,34H,1-2,4-5,7-10,15-16H2. The minimum Gasteiger partial charge on any atom is -0.460 e. The van der Waals surface area contributed by atoms with Gasteiger partial charge in [0.2, 0.25) is 5.91 Å². The van der Waals surface area contributed by atoms with E-state index in [1.54, 1.807) is 11.0 Å². The van der Waals surface area contributed by atoms with Crippen molar-refractivity contribution in [3.63, 3.8) is 0 Å². The average molecular weight is 597 g/mol. The van der Waals surface area contributed by atoms with Crippen LogP contribution in [0.2, 0.25) is 0 Å². The third-order valence-corrected chi connectivity index (χ3v) is 7.70. The van der Waals surface area contributed by atoms with Crippen molar-refractivity contribution in [2.75, 3.05) is 38.1 Å². The average Bonchev–Trinajstić information content (AvgIpc) is 3.33. The lowest BCUT2D eigenvalue weighted by Gasteiger charge is -2.35. The number of nitro benzene ring substituents is 1. The Kier molecular flexibility index (Phi) is 8.64. The lowest BCUT2D eigenvalue weighted by atomic mass is 9.92. The summed E-state index contributed by atoms with van der Waals surface area (Å²) < 4.78 is 78.2. The maximum Gasteiger partial charge on any atom is 0.423 e. The van der Waals surface area contributed by atoms with Crippen LogP contribution in [0.1, 0.15) is 37.0 Å². The number of furan rings is 1. The number of hydrogen-bond acceptors (Lipinski definition) is 7. The maximum absolute atomic E-state index is 13.5. The molecule has 2 fully saturated rings. The molecular formula is C28H29F5N4O5. The van der Waals surface area contributed by atoms with Gasteiger partial charge in [-0.05, 0) is 49.9 Å². The summed E-state index contributed by atoms with van der Waals surface area (Å²) in [6.45, 7) is 2.57. The highest BCUT2D eigenvalue weighted by Crippen LogP contribution is 2.38. The summed E-state index contributed by atoms with van der Waals surface area (Å²) in [5.74, 6) is -1.44. The number of amides is 1. The number of alkyl halides is 3. The minimum absolute atomic E-state index is 0.0687. The first-order chi connectivity index (χ1) is 20.0. The van der Waals surface area contributed by atoms with Crippen molar-refractivity contribution in [1.82, 2.24) is 9.80 Å². The van der Waals surface area contributed by atoms with Gasteiger partial charge in [0.15, 0.2) is 11.6 Å². The van der Waals surface area contributed by atoms with Crippen molar-refractivity contribution in [2.24, 2.45) is 0 Å². The Morgan fingerprint density at radius 2 is 1.71 bits per heavy atom. The van der Waals surface area contributed by atoms with Gasteiger partial charge in [0.05, 0.1) is 17.6 Å². The van der Waals surface area contributed by atoms with Gasteiger partial charge in [0, 0.05) is 55.4 Å². The van der Waals surface area contributed by atoms with Crippen LogP contribution >= 0.6 is 0 Å². The number of rotatable bonds is 8. The molecule has 0 radical (unpaired) electrons. The Labute approximate surface area is 237 Å². The zero-order chi connectivity index (χ0) is 30.0. The third-order valence-electron chi connectivity index (χ3n) is 7.70. The number of carbonyl (C=O) groups excluding carboxylic acids is 1. The molecule has 1 aliphatic heterocycles. The third kappa shape index (κ3) is 6.98. The number of fused-ring (bicyclic) bond motifs is 1. The molecule has 9 nitrogen and oxygen atoms in total. The van der Waals surface area contributed by atoms with Crippen LogP contribution in [0, 0.1) is 21.7 Å². The van der Waals surface area contributed by atoms with Gasteiger partial charge in [-0.2, -0.15) is 13.2 Å². The van der Waals surface area contributed by atoms with Crippen LogP contribution in [0.15, 0.2) is 40.8 Å². The molecule has 226 valence electrons. The van der Waals surface area contributed by atoms with Gasteiger partial charge >= 0.3 is 6.18 Å². The number of nitro groups is 1. The van der Waals surface area contributed by atoms with Gasteiger partial charge in [0.1, 0.15) is 23.5 Å². The SMILES string of the molecule is O=C(COC1CCC(Nc2ccc([N+](=O)[O-])c(C(F)(F)F)c2)CC1)N1CCN(Cc2cc3cc(F)c(F)cc3o2)CC1. The van der Waals surface area contributed by atoms with Crippen LogP contribution in [0.25, 0.3) is 11.0 Å². The summed E-state index contributed by atoms with van der Waals surface area (Å²) in [6.07, 6.45) is -2.55. The number of carbonyl (C=O) groups is 1. The zero-order valence-electron chi connectivity index (χ0n) is 22.5. The van der Waals surface area contributed by atoms with E-state index in [4.69, 9.17) is 9.15 Å². The first-order valence-electron chi connectivity index (χ1n) is 13.6. The fraction of sp³-hybridized carbons (Fsp3) is 0.464. The Balaban J connectivity index is 1.03. The van der Waals surface area contributed by atoms with E-state index in [0.717, 1.165) is 24.3 Å². The van der Waals surface area contributed by atoms with Gasteiger partial charge in [-0.3, -0.25) is 19.8 Å². The number of nitrogens with one attached hydrogen (secondary N) is 1. The summed E-state index contributed by atoms with van der Waals surface area (Å²) in [5.41, 5.74) is -1.84. The number of halogens is 5. The van der Waals surface area contributed by atoms with Crippen molar-refractivity contribution in [3.05, 3.63) is 69.5 Å². The predicted octanol–water partition coefficient (Wildman–Crippen LogP) is 5.72. The Morgan fingerprint density at radius 3 is 2.38 bits per heavy atom. The molecule has 2 aliphatic rings. The molecule has 1 aromatic heterocycles. The first-order valence-corrected chi connectivity index (χ1v) is 13.6. The summed E-state index contributed by atoms with van der Waals surface area (Å²) in [5, 5.41) is 14.5. The quantitative estimate of drug-likeness (QED) is 0.202. The molecular weight excluding hydrogens is 567 g/mol. The Morgan fingerprint density at radius 1 is 1.02 bits per heavy atom. The van der Waals surface area contributed by atoms with E-state index >= 15 is 0 Å². The molecule has 0 bridgehead atoms. The van der Waals surface area contributed by atoms with Crippen LogP contribution in [0.4, 0.5) is 33.3 Å². The van der Waals surface area contributed by atoms with E-state index in [1.807, 2.05) is 0 Å². The highest BCUT2D eigenvalue weighted by molar-refractivity contribution is 5.78. The molecule has 14 heteroatoms. The summed E-state index contributed by atoms with van der Waals surface area (Å²) in [6, 6.07) is 6.57. The largest absolute Gasteiger partial charge is 0.460 e. The molecule has 2 aromatic carbocycles. The molecule has 42 heavy (non-hydrogen) atoms. The first kappa shape index (κ1) is 29.7. The molecule has 3 aromatic rings. The second kappa shape index (κ2) is 12.2. The van der Waals surface area contributed by atoms with Crippen LogP contribution in [0.5, 0.6) is 0 Å². The van der Waals surface area contributed by atoms with Crippen LogP contribution in [-0.2, 0) is 22.3 Å². The van der Waals surface area contributed by atoms with Crippen molar-refractivity contribution in [2.45, 2.75) is 50.6 Å². The summed E-state index contributed by atoms with van der Waals surface area (Å²) >= 11 is 0. The topological polar surface area (TPSA) is 101 Å². The summed E-state index contributed by atoms with van der Waals surface area (Å²) in [4.78, 5) is 26.4. The number of hydrogen-bond donors (Lipinski definition) is 1. The lowest BCUT2D eigenvalue weighted by Crippen LogP contribution is -2.49. The fourth-order valence-electron chi connectivity index (χ4n) is 5.45. The van der Waals surface area contributed by atoms with Crippen LogP contribution in [0.3, 0.4) is 0 Å². The van der Waals surface area contributed by atoms with Crippen LogP contribution in [-0.4, -0.2) is 65.6 Å². The van der Waals surface area contributed by atoms with Gasteiger partial charge in [-0.15, -0.1) is 0 Å². The zero-order valence-corrected chi connectivity index (χ0v) is 22.5. The second-order valence-corrected chi connectivity index (χ2v) is 10.6. The molecule has 1 saturated heterocycles. The van der Waals surface area contributed by atoms with Crippen molar-refractivity contribution >= 4 is 28.3 Å². The normalized spacial score (nSPS) is 20.2. The minimum atomic E-state index is -4.84. The number of piperazine rings is 1. The van der Waals surface area contributed by atoms with E-state index in [-0.39, 0.29) is 35.9 Å². The van der Waals surface area contributed by atoms with Gasteiger partial charge in [0.25, 0.3) is 5.69 Å². The van der Waals surface area contributed by atoms with Crippen molar-refractivity contribution in [3.8, 4) is 0 Å². The van der Waals surface area contributed by atoms with Crippen molar-refractivity contribution in [1.29, 1.82) is 0 Å². The van der Waals surface area contributed by atoms with Crippen LogP contribution < -0.4 is 5.32 Å². The van der Waals surface area contributed by atoms with E-state index in [9.17, 15) is 36.9 Å². The predicted molar refractivity (Wildman–Crippen MR) is 142 cm³/mol. The number of anilines is 1. The molecule has 0 atom stereocenters. The second-order valence-electron chi connectivity index (χ2n) is 10.6. The fourth-order valence-corrected chi connectivity index (χ4v) is 5.45. The smallest absolute Gasteiger partial charge is 0.423 e. The number of nitrogens with zero attached hydrogens (tertiary/aromatic N) is 3. The van der Waals surface area contributed by atoms with Gasteiger partial charge in [-0.25, -0.2) is 8.78 Å². The van der Waals surface area contributed by atoms with E-state index in [0.29, 0.717) is 69.6 Å². The highest BCUT2D eigenvalue weighted by Gasteiger charge is 2.38. The molecule has 1 amide bonds. The Bertz CT molecular complexity index is 1410. The van der Waals surface area contributed by atoms with E-state index in [1.165, 1.54) is 6.07 Å². The van der Waals surface area contributed by atoms with E-state index < -0.39 is 34.0 Å². The van der Waals surface area contributed by atoms with Crippen molar-refractivity contribution < 1.29 is 40.8 Å². The number of benzene rings is 2. The van der Waals surface area contributed by atoms with Gasteiger partial charge < -0.3 is 19.4 Å². The van der Waals surface area contributed by atoms with Gasteiger partial charge in [-0.1, -0.05) is 0 Å². The molecule has 1 N–H and O–H groups in total. The molecule has 1 saturated carbocycles. The summed E-state index contributed by atoms with van der Waals surface area (Å²) in [7, 11) is 0. The Hall–Kier alpha value is -3.78. The number of ether oxygens (including phenoxy) is 1. The highest BCUT2D eigenvalue weighted by atomic mass is 19.4. The van der Waals surface area contributed by atoms with E-state index in [2.05, 4.69) is 10.2 Å². The monoisotopic (exact) mass is 596 g/mol. The molecule has 0 unspecified atom stereocenters. The maximum atomic E-state index is 13.5. The molecule has 1 aliphatic carbocycles. The lowest BCUT2D eigenvalue weighted by molar-refractivity contribution is -0.388. The molecule has 0 spiro atoms.